The first-order chi connectivity index (χ1) is 5.65. The first-order valence-electron chi connectivity index (χ1n) is 4.16. The molecule has 0 saturated carbocycles. The minimum atomic E-state index is 0.343. The van der Waals surface area contributed by atoms with E-state index in [-0.39, 0.29) is 0 Å². The van der Waals surface area contributed by atoms with Crippen LogP contribution >= 0.6 is 11.6 Å². The van der Waals surface area contributed by atoms with E-state index in [1.165, 1.54) is 0 Å². The number of aryl methyl sites for hydroxylation is 1. The lowest BCUT2D eigenvalue weighted by atomic mass is 10.1. The molecule has 12 heavy (non-hydrogen) atoms. The zero-order valence-corrected chi connectivity index (χ0v) is 8.39. The van der Waals surface area contributed by atoms with Crippen LogP contribution in [0.15, 0.2) is 6.20 Å². The molecule has 2 nitrogen and oxygen atoms in total. The Balaban J connectivity index is 3.03. The van der Waals surface area contributed by atoms with Crippen molar-refractivity contribution >= 4 is 11.6 Å². The Bertz CT molecular complexity index is 271. The number of hydrogen-bond donors (Lipinski definition) is 0. The Morgan fingerprint density at radius 1 is 1.50 bits per heavy atom. The molecule has 0 saturated heterocycles. The minimum absolute atomic E-state index is 0.343. The fraction of sp³-hybridized carbons (Fsp3) is 0.556. The summed E-state index contributed by atoms with van der Waals surface area (Å²) >= 11 is 5.93. The summed E-state index contributed by atoms with van der Waals surface area (Å²) in [6.07, 6.45) is 2.67. The molecule has 0 atom stereocenters. The molecule has 3 heteroatoms. The van der Waals surface area contributed by atoms with Crippen molar-refractivity contribution in [2.45, 2.75) is 33.1 Å². The molecule has 1 heterocycles. The highest BCUT2D eigenvalue weighted by Gasteiger charge is 2.07. The van der Waals surface area contributed by atoms with Crippen molar-refractivity contribution < 1.29 is 0 Å². The molecule has 0 bridgehead atoms. The third-order valence-corrected chi connectivity index (χ3v) is 1.99. The van der Waals surface area contributed by atoms with Crippen molar-refractivity contribution in [1.29, 1.82) is 0 Å². The average molecular weight is 185 g/mol. The molecule has 0 aliphatic heterocycles. The van der Waals surface area contributed by atoms with Gasteiger partial charge in [-0.05, 0) is 12.3 Å². The molecule has 1 rings (SSSR count). The van der Waals surface area contributed by atoms with Gasteiger partial charge in [-0.2, -0.15) is 0 Å². The van der Waals surface area contributed by atoms with E-state index < -0.39 is 0 Å². The van der Waals surface area contributed by atoms with Gasteiger partial charge in [0.1, 0.15) is 0 Å². The van der Waals surface area contributed by atoms with Crippen LogP contribution in [0.25, 0.3) is 0 Å². The van der Waals surface area contributed by atoms with Gasteiger partial charge in [0.25, 0.3) is 0 Å². The Labute approximate surface area is 78.0 Å². The number of nitrogens with zero attached hydrogens (tertiary/aromatic N) is 2. The van der Waals surface area contributed by atoms with Crippen molar-refractivity contribution in [2.75, 3.05) is 0 Å². The molecule has 0 spiro atoms. The summed E-state index contributed by atoms with van der Waals surface area (Å²) in [7, 11) is 0. The Morgan fingerprint density at radius 3 is 2.58 bits per heavy atom. The molecule has 1 aromatic rings. The second kappa shape index (κ2) is 3.85. The highest BCUT2D eigenvalue weighted by molar-refractivity contribution is 6.30. The van der Waals surface area contributed by atoms with Crippen LogP contribution in [-0.4, -0.2) is 9.97 Å². The van der Waals surface area contributed by atoms with Crippen molar-refractivity contribution in [2.24, 2.45) is 0 Å². The zero-order chi connectivity index (χ0) is 9.14. The second-order valence-electron chi connectivity index (χ2n) is 3.05. The fourth-order valence-electron chi connectivity index (χ4n) is 0.967. The maximum Gasteiger partial charge on any atom is 0.151 e. The summed E-state index contributed by atoms with van der Waals surface area (Å²) in [6.45, 7) is 6.15. The quantitative estimate of drug-likeness (QED) is 0.707. The number of rotatable bonds is 2. The average Bonchev–Trinajstić information content (AvgIpc) is 2.03. The molecule has 0 unspecified atom stereocenters. The van der Waals surface area contributed by atoms with Crippen LogP contribution in [0.2, 0.25) is 5.15 Å². The molecule has 0 amide bonds. The third kappa shape index (κ3) is 1.95. The van der Waals surface area contributed by atoms with E-state index in [0.717, 1.165) is 17.8 Å². The second-order valence-corrected chi connectivity index (χ2v) is 3.40. The lowest BCUT2D eigenvalue weighted by Gasteiger charge is -2.06. The third-order valence-electron chi connectivity index (χ3n) is 1.71. The zero-order valence-electron chi connectivity index (χ0n) is 7.63. The van der Waals surface area contributed by atoms with Gasteiger partial charge < -0.3 is 0 Å². The van der Waals surface area contributed by atoms with Gasteiger partial charge in [0.2, 0.25) is 0 Å². The molecule has 1 aromatic heterocycles. The molecule has 0 aliphatic carbocycles. The maximum absolute atomic E-state index is 5.93. The normalized spacial score (nSPS) is 10.8. The summed E-state index contributed by atoms with van der Waals surface area (Å²) in [5.74, 6) is 0.343. The molecule has 66 valence electrons. The molecule has 0 N–H and O–H groups in total. The smallest absolute Gasteiger partial charge is 0.151 e. The number of aromatic nitrogens is 2. The van der Waals surface area contributed by atoms with Gasteiger partial charge in [0.15, 0.2) is 5.15 Å². The van der Waals surface area contributed by atoms with Gasteiger partial charge in [0.05, 0.1) is 11.4 Å². The van der Waals surface area contributed by atoms with Crippen LogP contribution < -0.4 is 0 Å². The SMILES string of the molecule is CCc1cnc(C(C)C)c(Cl)n1. The van der Waals surface area contributed by atoms with Crippen molar-refractivity contribution in [3.8, 4) is 0 Å². The highest BCUT2D eigenvalue weighted by Crippen LogP contribution is 2.19. The van der Waals surface area contributed by atoms with Gasteiger partial charge in [-0.25, -0.2) is 4.98 Å². The summed E-state index contributed by atoms with van der Waals surface area (Å²) in [5, 5.41) is 0.546. The predicted molar refractivity (Wildman–Crippen MR) is 50.5 cm³/mol. The van der Waals surface area contributed by atoms with E-state index in [1.807, 2.05) is 6.92 Å². The van der Waals surface area contributed by atoms with Crippen LogP contribution in [0.1, 0.15) is 38.1 Å². The van der Waals surface area contributed by atoms with Crippen LogP contribution in [0.3, 0.4) is 0 Å². The van der Waals surface area contributed by atoms with E-state index in [4.69, 9.17) is 11.6 Å². The standard InChI is InChI=1S/C9H13ClN2/c1-4-7-5-11-8(6(2)3)9(10)12-7/h5-6H,4H2,1-3H3. The van der Waals surface area contributed by atoms with Gasteiger partial charge in [-0.1, -0.05) is 32.4 Å². The monoisotopic (exact) mass is 184 g/mol. The fourth-order valence-corrected chi connectivity index (χ4v) is 1.34. The first-order valence-corrected chi connectivity index (χ1v) is 4.54. The van der Waals surface area contributed by atoms with E-state index in [1.54, 1.807) is 6.20 Å². The van der Waals surface area contributed by atoms with Gasteiger partial charge in [-0.3, -0.25) is 4.98 Å². The van der Waals surface area contributed by atoms with Crippen LogP contribution in [0.4, 0.5) is 0 Å². The highest BCUT2D eigenvalue weighted by atomic mass is 35.5. The Hall–Kier alpha value is -0.630. The van der Waals surface area contributed by atoms with Gasteiger partial charge in [0, 0.05) is 6.20 Å². The topological polar surface area (TPSA) is 25.8 Å². The Kier molecular flexibility index (Phi) is 3.04. The number of hydrogen-bond acceptors (Lipinski definition) is 2. The Morgan fingerprint density at radius 2 is 2.17 bits per heavy atom. The van der Waals surface area contributed by atoms with E-state index in [9.17, 15) is 0 Å². The first kappa shape index (κ1) is 9.46. The van der Waals surface area contributed by atoms with Crippen LogP contribution in [-0.2, 0) is 6.42 Å². The van der Waals surface area contributed by atoms with E-state index >= 15 is 0 Å². The summed E-state index contributed by atoms with van der Waals surface area (Å²) in [6, 6.07) is 0. The summed E-state index contributed by atoms with van der Waals surface area (Å²) < 4.78 is 0. The van der Waals surface area contributed by atoms with Crippen molar-refractivity contribution in [1.82, 2.24) is 9.97 Å². The van der Waals surface area contributed by atoms with E-state index in [2.05, 4.69) is 23.8 Å². The molecule has 0 aliphatic rings. The molecular weight excluding hydrogens is 172 g/mol. The van der Waals surface area contributed by atoms with Crippen LogP contribution in [0, 0.1) is 0 Å². The maximum atomic E-state index is 5.93. The van der Waals surface area contributed by atoms with Crippen LogP contribution in [0.5, 0.6) is 0 Å². The lowest BCUT2D eigenvalue weighted by molar-refractivity contribution is 0.802. The van der Waals surface area contributed by atoms with Crippen molar-refractivity contribution in [3.05, 3.63) is 22.7 Å². The van der Waals surface area contributed by atoms with Gasteiger partial charge >= 0.3 is 0 Å². The van der Waals surface area contributed by atoms with Gasteiger partial charge in [-0.15, -0.1) is 0 Å². The minimum Gasteiger partial charge on any atom is -0.256 e. The van der Waals surface area contributed by atoms with Crippen molar-refractivity contribution in [3.63, 3.8) is 0 Å². The molecule has 0 radical (unpaired) electrons. The summed E-state index contributed by atoms with van der Waals surface area (Å²) in [4.78, 5) is 8.47. The summed E-state index contributed by atoms with van der Waals surface area (Å²) in [5.41, 5.74) is 1.83. The molecule has 0 aromatic carbocycles. The van der Waals surface area contributed by atoms with E-state index in [0.29, 0.717) is 11.1 Å². The lowest BCUT2D eigenvalue weighted by Crippen LogP contribution is -1.98. The number of halogens is 1. The predicted octanol–water partition coefficient (Wildman–Crippen LogP) is 2.82. The molecule has 0 fully saturated rings. The largest absolute Gasteiger partial charge is 0.256 e. The molecular formula is C9H13ClN2.